The highest BCUT2D eigenvalue weighted by Gasteiger charge is 2.27. The molecule has 3 rings (SSSR count). The Balaban J connectivity index is 0.00000243. The molecule has 0 aliphatic heterocycles. The zero-order valence-corrected chi connectivity index (χ0v) is 16.1. The third-order valence-corrected chi connectivity index (χ3v) is 4.95. The summed E-state index contributed by atoms with van der Waals surface area (Å²) in [6.07, 6.45) is 2.59. The van der Waals surface area contributed by atoms with Crippen molar-refractivity contribution in [2.75, 3.05) is 0 Å². The van der Waals surface area contributed by atoms with Gasteiger partial charge in [-0.2, -0.15) is 0 Å². The van der Waals surface area contributed by atoms with Crippen molar-refractivity contribution >= 4 is 29.9 Å². The van der Waals surface area contributed by atoms with Gasteiger partial charge in [-0.1, -0.05) is 48.0 Å². The normalized spacial score (nSPS) is 18.8. The topological polar surface area (TPSA) is 64.4 Å². The highest BCUT2D eigenvalue weighted by atomic mass is 35.5. The van der Waals surface area contributed by atoms with E-state index >= 15 is 0 Å². The molecule has 1 fully saturated rings. The summed E-state index contributed by atoms with van der Waals surface area (Å²) in [4.78, 5) is 12.3. The largest absolute Gasteiger partial charge is 0.487 e. The number of nitrogens with two attached hydrogens (primary N) is 1. The molecule has 0 radical (unpaired) electrons. The Hall–Kier alpha value is -1.75. The number of halogens is 2. The zero-order valence-electron chi connectivity index (χ0n) is 14.5. The summed E-state index contributed by atoms with van der Waals surface area (Å²) in [6, 6.07) is 15.5. The van der Waals surface area contributed by atoms with Gasteiger partial charge in [0.1, 0.15) is 12.4 Å². The van der Waals surface area contributed by atoms with Crippen molar-refractivity contribution in [3.63, 3.8) is 0 Å². The fraction of sp³-hybridized carbons (Fsp3) is 0.350. The summed E-state index contributed by atoms with van der Waals surface area (Å²) in [5.41, 5.74) is 7.97. The van der Waals surface area contributed by atoms with Crippen molar-refractivity contribution in [1.82, 2.24) is 5.32 Å². The number of hydrogen-bond acceptors (Lipinski definition) is 3. The molecule has 2 aromatic rings. The van der Waals surface area contributed by atoms with Gasteiger partial charge >= 0.3 is 0 Å². The van der Waals surface area contributed by atoms with E-state index in [0.29, 0.717) is 23.9 Å². The first kappa shape index (κ1) is 20.6. The van der Waals surface area contributed by atoms with Crippen molar-refractivity contribution in [2.24, 2.45) is 11.7 Å². The van der Waals surface area contributed by atoms with Crippen molar-refractivity contribution in [3.05, 3.63) is 64.7 Å². The summed E-state index contributed by atoms with van der Waals surface area (Å²) in [7, 11) is 0. The van der Waals surface area contributed by atoms with Crippen LogP contribution in [0.3, 0.4) is 0 Å². The molecule has 2 unspecified atom stereocenters. The molecule has 0 aromatic heterocycles. The van der Waals surface area contributed by atoms with E-state index in [0.717, 1.165) is 30.4 Å². The van der Waals surface area contributed by atoms with Gasteiger partial charge in [0.15, 0.2) is 0 Å². The maximum Gasteiger partial charge on any atom is 0.223 e. The van der Waals surface area contributed by atoms with Crippen LogP contribution in [0.4, 0.5) is 0 Å². The SMILES string of the molecule is Cl.NC1CCC(C(=O)NCc2ccccc2COc2ccccc2Cl)C1. The molecule has 6 heteroatoms. The average Bonchev–Trinajstić information content (AvgIpc) is 3.06. The molecule has 0 saturated heterocycles. The van der Waals surface area contributed by atoms with E-state index in [-0.39, 0.29) is 30.3 Å². The summed E-state index contributed by atoms with van der Waals surface area (Å²) in [5, 5.41) is 3.62. The van der Waals surface area contributed by atoms with Crippen LogP contribution in [-0.4, -0.2) is 11.9 Å². The molecule has 1 saturated carbocycles. The molecule has 0 heterocycles. The molecular weight excluding hydrogens is 371 g/mol. The standard InChI is InChI=1S/C20H23ClN2O2.ClH/c21-18-7-3-4-8-19(18)25-13-16-6-2-1-5-15(16)12-23-20(24)14-9-10-17(22)11-14;/h1-8,14,17H,9-13,22H2,(H,23,24);1H. The molecule has 4 nitrogen and oxygen atoms in total. The molecule has 1 aliphatic rings. The number of rotatable bonds is 6. The fourth-order valence-corrected chi connectivity index (χ4v) is 3.36. The molecule has 140 valence electrons. The molecular formula is C20H24Cl2N2O2. The zero-order chi connectivity index (χ0) is 17.6. The second kappa shape index (κ2) is 9.81. The van der Waals surface area contributed by atoms with E-state index in [1.54, 1.807) is 6.07 Å². The van der Waals surface area contributed by atoms with Gasteiger partial charge in [0, 0.05) is 18.5 Å². The minimum Gasteiger partial charge on any atom is -0.487 e. The predicted octanol–water partition coefficient (Wildman–Crippen LogP) is 4.08. The summed E-state index contributed by atoms with van der Waals surface area (Å²) < 4.78 is 5.82. The van der Waals surface area contributed by atoms with Crippen LogP contribution in [0.2, 0.25) is 5.02 Å². The molecule has 1 amide bonds. The maximum atomic E-state index is 12.3. The number of para-hydroxylation sites is 1. The van der Waals surface area contributed by atoms with Gasteiger partial charge in [-0.15, -0.1) is 12.4 Å². The van der Waals surface area contributed by atoms with Crippen LogP contribution >= 0.6 is 24.0 Å². The number of ether oxygens (including phenoxy) is 1. The number of hydrogen-bond donors (Lipinski definition) is 2. The molecule has 26 heavy (non-hydrogen) atoms. The van der Waals surface area contributed by atoms with E-state index in [1.807, 2.05) is 42.5 Å². The van der Waals surface area contributed by atoms with Crippen LogP contribution in [-0.2, 0) is 17.9 Å². The molecule has 0 bridgehead atoms. The van der Waals surface area contributed by atoms with Gasteiger partial charge in [0.25, 0.3) is 0 Å². The highest BCUT2D eigenvalue weighted by molar-refractivity contribution is 6.32. The Morgan fingerprint density at radius 1 is 1.12 bits per heavy atom. The second-order valence-electron chi connectivity index (χ2n) is 6.48. The van der Waals surface area contributed by atoms with Crippen LogP contribution in [0.15, 0.2) is 48.5 Å². The molecule has 0 spiro atoms. The van der Waals surface area contributed by atoms with Crippen molar-refractivity contribution < 1.29 is 9.53 Å². The molecule has 1 aliphatic carbocycles. The van der Waals surface area contributed by atoms with Crippen molar-refractivity contribution in [3.8, 4) is 5.75 Å². The van der Waals surface area contributed by atoms with Gasteiger partial charge in [-0.05, 0) is 42.5 Å². The lowest BCUT2D eigenvalue weighted by Crippen LogP contribution is -2.30. The van der Waals surface area contributed by atoms with Crippen molar-refractivity contribution in [2.45, 2.75) is 38.5 Å². The number of carbonyl (C=O) groups is 1. The van der Waals surface area contributed by atoms with Gasteiger partial charge in [-0.3, -0.25) is 4.79 Å². The van der Waals surface area contributed by atoms with E-state index < -0.39 is 0 Å². The average molecular weight is 395 g/mol. The number of carbonyl (C=O) groups excluding carboxylic acids is 1. The van der Waals surface area contributed by atoms with Crippen LogP contribution < -0.4 is 15.8 Å². The van der Waals surface area contributed by atoms with E-state index in [2.05, 4.69) is 5.32 Å². The first-order valence-corrected chi connectivity index (χ1v) is 8.98. The lowest BCUT2D eigenvalue weighted by molar-refractivity contribution is -0.125. The molecule has 2 atom stereocenters. The van der Waals surface area contributed by atoms with Gasteiger partial charge in [-0.25, -0.2) is 0 Å². The number of benzene rings is 2. The van der Waals surface area contributed by atoms with Gasteiger partial charge in [0.05, 0.1) is 5.02 Å². The Labute approximate surface area is 165 Å². The lowest BCUT2D eigenvalue weighted by atomic mass is 10.1. The highest BCUT2D eigenvalue weighted by Crippen LogP contribution is 2.25. The Bertz CT molecular complexity index is 739. The third kappa shape index (κ3) is 5.37. The predicted molar refractivity (Wildman–Crippen MR) is 107 cm³/mol. The fourth-order valence-electron chi connectivity index (χ4n) is 3.17. The number of amides is 1. The minimum absolute atomic E-state index is 0. The Morgan fingerprint density at radius 3 is 2.50 bits per heavy atom. The Kier molecular flexibility index (Phi) is 7.76. The summed E-state index contributed by atoms with van der Waals surface area (Å²) in [6.45, 7) is 0.900. The van der Waals surface area contributed by atoms with Crippen LogP contribution in [0, 0.1) is 5.92 Å². The lowest BCUT2D eigenvalue weighted by Gasteiger charge is -2.14. The Morgan fingerprint density at radius 2 is 1.81 bits per heavy atom. The molecule has 2 aromatic carbocycles. The van der Waals surface area contributed by atoms with E-state index in [4.69, 9.17) is 22.1 Å². The summed E-state index contributed by atoms with van der Waals surface area (Å²) >= 11 is 6.13. The van der Waals surface area contributed by atoms with E-state index in [9.17, 15) is 4.79 Å². The third-order valence-electron chi connectivity index (χ3n) is 4.64. The van der Waals surface area contributed by atoms with E-state index in [1.165, 1.54) is 0 Å². The van der Waals surface area contributed by atoms with Crippen LogP contribution in [0.1, 0.15) is 30.4 Å². The first-order chi connectivity index (χ1) is 12.1. The van der Waals surface area contributed by atoms with Crippen molar-refractivity contribution in [1.29, 1.82) is 0 Å². The second-order valence-corrected chi connectivity index (χ2v) is 6.88. The maximum absolute atomic E-state index is 12.3. The van der Waals surface area contributed by atoms with Crippen LogP contribution in [0.25, 0.3) is 0 Å². The smallest absolute Gasteiger partial charge is 0.223 e. The summed E-state index contributed by atoms with van der Waals surface area (Å²) in [5.74, 6) is 0.791. The molecule has 3 N–H and O–H groups in total. The monoisotopic (exact) mass is 394 g/mol. The minimum atomic E-state index is 0. The first-order valence-electron chi connectivity index (χ1n) is 8.61. The number of nitrogens with one attached hydrogen (secondary N) is 1. The van der Waals surface area contributed by atoms with Crippen LogP contribution in [0.5, 0.6) is 5.75 Å². The van der Waals surface area contributed by atoms with Gasteiger partial charge < -0.3 is 15.8 Å². The van der Waals surface area contributed by atoms with Gasteiger partial charge in [0.2, 0.25) is 5.91 Å². The quantitative estimate of drug-likeness (QED) is 0.775.